The summed E-state index contributed by atoms with van der Waals surface area (Å²) in [5.74, 6) is -4.79. The highest BCUT2D eigenvalue weighted by Gasteiger charge is 2.40. The second-order valence-corrected chi connectivity index (χ2v) is 5.96. The minimum absolute atomic E-state index is 0.187. The van der Waals surface area contributed by atoms with Gasteiger partial charge in [0.1, 0.15) is 5.75 Å². The van der Waals surface area contributed by atoms with E-state index >= 15 is 0 Å². The van der Waals surface area contributed by atoms with Crippen LogP contribution >= 0.6 is 27.3 Å². The van der Waals surface area contributed by atoms with Gasteiger partial charge in [-0.1, -0.05) is 15.9 Å². The first-order valence-corrected chi connectivity index (χ1v) is 7.47. The van der Waals surface area contributed by atoms with E-state index in [0.29, 0.717) is 4.47 Å². The van der Waals surface area contributed by atoms with Crippen molar-refractivity contribution in [2.24, 2.45) is 0 Å². The Bertz CT molecular complexity index is 649. The maximum atomic E-state index is 14.5. The van der Waals surface area contributed by atoms with E-state index in [0.717, 1.165) is 11.3 Å². The molecule has 1 aromatic carbocycles. The summed E-state index contributed by atoms with van der Waals surface area (Å²) >= 11 is 3.94. The van der Waals surface area contributed by atoms with E-state index in [9.17, 15) is 13.6 Å². The number of hydrogen-bond acceptors (Lipinski definition) is 4. The molecule has 1 N–H and O–H groups in total. The molecule has 1 heterocycles. The number of aromatic nitrogens is 1. The fraction of sp³-hybridized carbons (Fsp3) is 0.231. The van der Waals surface area contributed by atoms with Crippen LogP contribution in [0, 0.1) is 0 Å². The first-order valence-electron chi connectivity index (χ1n) is 5.79. The van der Waals surface area contributed by atoms with Gasteiger partial charge in [0, 0.05) is 16.0 Å². The number of nitrogens with zero attached hydrogens (tertiary/aromatic N) is 1. The molecule has 0 saturated carbocycles. The third-order valence-corrected chi connectivity index (χ3v) is 3.97. The smallest absolute Gasteiger partial charge is 0.344 e. The number of thiazole rings is 1. The summed E-state index contributed by atoms with van der Waals surface area (Å²) in [5, 5.41) is 9.91. The summed E-state index contributed by atoms with van der Waals surface area (Å²) in [4.78, 5) is 14.5. The molecule has 0 aliphatic rings. The number of carboxylic acid groups (broad SMARTS) is 1. The number of hydrogen-bond donors (Lipinski definition) is 1. The Hall–Kier alpha value is -1.54. The van der Waals surface area contributed by atoms with Gasteiger partial charge in [-0.25, -0.2) is 9.78 Å². The largest absolute Gasteiger partial charge is 0.479 e. The minimum Gasteiger partial charge on any atom is -0.479 e. The van der Waals surface area contributed by atoms with Crippen LogP contribution in [0.5, 0.6) is 5.75 Å². The van der Waals surface area contributed by atoms with Crippen molar-refractivity contribution in [2.75, 3.05) is 0 Å². The van der Waals surface area contributed by atoms with Gasteiger partial charge in [-0.3, -0.25) is 0 Å². The fourth-order valence-electron chi connectivity index (χ4n) is 1.58. The molecule has 1 aromatic heterocycles. The summed E-state index contributed by atoms with van der Waals surface area (Å²) in [5.41, 5.74) is -0.431. The third-order valence-electron chi connectivity index (χ3n) is 2.63. The summed E-state index contributed by atoms with van der Waals surface area (Å²) in [6.45, 7) is 1.27. The molecule has 0 radical (unpaired) electrons. The van der Waals surface area contributed by atoms with Crippen molar-refractivity contribution in [2.45, 2.75) is 19.0 Å². The Morgan fingerprint density at radius 1 is 1.52 bits per heavy atom. The first kappa shape index (κ1) is 15.8. The molecule has 0 aliphatic carbocycles. The van der Waals surface area contributed by atoms with Crippen LogP contribution in [0.3, 0.4) is 0 Å². The zero-order chi connectivity index (χ0) is 15.6. The summed E-state index contributed by atoms with van der Waals surface area (Å²) in [6, 6.07) is 4.01. The number of carboxylic acids is 1. The van der Waals surface area contributed by atoms with Crippen molar-refractivity contribution in [3.63, 3.8) is 0 Å². The number of aliphatic carboxylic acids is 1. The molecule has 2 aromatic rings. The Balaban J connectivity index is 2.47. The van der Waals surface area contributed by atoms with Gasteiger partial charge in [0.15, 0.2) is 11.1 Å². The fourth-order valence-corrected chi connectivity index (χ4v) is 2.58. The highest BCUT2D eigenvalue weighted by Crippen LogP contribution is 2.42. The van der Waals surface area contributed by atoms with E-state index in [-0.39, 0.29) is 10.8 Å². The Kier molecular flexibility index (Phi) is 4.58. The topological polar surface area (TPSA) is 59.4 Å². The van der Waals surface area contributed by atoms with Gasteiger partial charge in [-0.05, 0) is 25.1 Å². The molecular weight excluding hydrogens is 368 g/mol. The predicted octanol–water partition coefficient (Wildman–Crippen LogP) is 3.90. The van der Waals surface area contributed by atoms with E-state index in [2.05, 4.69) is 20.9 Å². The van der Waals surface area contributed by atoms with Gasteiger partial charge >= 0.3 is 11.9 Å². The molecule has 1 atom stereocenters. The van der Waals surface area contributed by atoms with Crippen molar-refractivity contribution in [3.8, 4) is 5.75 Å². The van der Waals surface area contributed by atoms with Crippen molar-refractivity contribution in [1.29, 1.82) is 0 Å². The number of halogens is 3. The molecule has 2 rings (SSSR count). The average molecular weight is 378 g/mol. The monoisotopic (exact) mass is 377 g/mol. The maximum Gasteiger partial charge on any atom is 0.344 e. The Labute approximate surface area is 131 Å². The lowest BCUT2D eigenvalue weighted by Gasteiger charge is -2.20. The maximum absolute atomic E-state index is 14.5. The van der Waals surface area contributed by atoms with Gasteiger partial charge in [-0.15, -0.1) is 11.3 Å². The number of benzene rings is 1. The third kappa shape index (κ3) is 3.38. The molecular formula is C13H10BrF2NO3S. The summed E-state index contributed by atoms with van der Waals surface area (Å²) in [7, 11) is 0. The van der Waals surface area contributed by atoms with E-state index in [4.69, 9.17) is 9.84 Å². The van der Waals surface area contributed by atoms with E-state index in [1.165, 1.54) is 36.7 Å². The normalized spacial score (nSPS) is 13.0. The van der Waals surface area contributed by atoms with Crippen molar-refractivity contribution < 1.29 is 23.4 Å². The molecule has 0 bridgehead atoms. The van der Waals surface area contributed by atoms with Crippen LogP contribution in [0.15, 0.2) is 34.2 Å². The predicted molar refractivity (Wildman–Crippen MR) is 77.0 cm³/mol. The van der Waals surface area contributed by atoms with Crippen molar-refractivity contribution >= 4 is 33.2 Å². The van der Waals surface area contributed by atoms with Gasteiger partial charge in [0.25, 0.3) is 0 Å². The molecule has 0 aliphatic heterocycles. The lowest BCUT2D eigenvalue weighted by atomic mass is 10.1. The molecule has 0 amide bonds. The molecule has 0 spiro atoms. The highest BCUT2D eigenvalue weighted by molar-refractivity contribution is 9.10. The zero-order valence-electron chi connectivity index (χ0n) is 10.7. The number of carbonyl (C=O) groups is 1. The second kappa shape index (κ2) is 6.07. The molecule has 8 heteroatoms. The number of alkyl halides is 2. The molecule has 1 unspecified atom stereocenters. The van der Waals surface area contributed by atoms with Crippen LogP contribution in [0.4, 0.5) is 8.78 Å². The van der Waals surface area contributed by atoms with Gasteiger partial charge in [-0.2, -0.15) is 8.78 Å². The lowest BCUT2D eigenvalue weighted by molar-refractivity contribution is -0.144. The van der Waals surface area contributed by atoms with E-state index in [1.807, 2.05) is 0 Å². The van der Waals surface area contributed by atoms with Crippen molar-refractivity contribution in [3.05, 3.63) is 44.8 Å². The van der Waals surface area contributed by atoms with Crippen molar-refractivity contribution in [1.82, 2.24) is 4.98 Å². The zero-order valence-corrected chi connectivity index (χ0v) is 13.1. The summed E-state index contributed by atoms with van der Waals surface area (Å²) in [6.07, 6.45) is 0.0452. The molecule has 0 saturated heterocycles. The standard InChI is InChI=1S/C13H10BrF2NO3S/c1-7(11(18)19)20-10-3-2-8(14)6-9(10)13(15,16)12-17-4-5-21-12/h2-7H,1H3,(H,18,19). The quantitative estimate of drug-likeness (QED) is 0.858. The second-order valence-electron chi connectivity index (χ2n) is 4.15. The molecule has 112 valence electrons. The van der Waals surface area contributed by atoms with Gasteiger partial charge in [0.2, 0.25) is 0 Å². The van der Waals surface area contributed by atoms with Gasteiger partial charge in [0.05, 0.1) is 5.56 Å². The van der Waals surface area contributed by atoms with E-state index < -0.39 is 23.6 Å². The molecule has 0 fully saturated rings. The van der Waals surface area contributed by atoms with Crippen LogP contribution in [-0.2, 0) is 10.7 Å². The number of rotatable bonds is 5. The van der Waals surface area contributed by atoms with Crippen LogP contribution in [-0.4, -0.2) is 22.2 Å². The van der Waals surface area contributed by atoms with Crippen LogP contribution < -0.4 is 4.74 Å². The minimum atomic E-state index is -3.37. The Morgan fingerprint density at radius 3 is 2.81 bits per heavy atom. The summed E-state index contributed by atoms with van der Waals surface area (Å²) < 4.78 is 34.6. The van der Waals surface area contributed by atoms with Crippen LogP contribution in [0.2, 0.25) is 0 Å². The van der Waals surface area contributed by atoms with Crippen LogP contribution in [0.25, 0.3) is 0 Å². The average Bonchev–Trinajstić information content (AvgIpc) is 2.95. The van der Waals surface area contributed by atoms with Gasteiger partial charge < -0.3 is 9.84 Å². The van der Waals surface area contributed by atoms with E-state index in [1.54, 1.807) is 0 Å². The lowest BCUT2D eigenvalue weighted by Crippen LogP contribution is -2.25. The first-order chi connectivity index (χ1) is 9.82. The molecule has 21 heavy (non-hydrogen) atoms. The number of ether oxygens (including phenoxy) is 1. The van der Waals surface area contributed by atoms with Crippen LogP contribution in [0.1, 0.15) is 17.5 Å². The molecule has 4 nitrogen and oxygen atoms in total. The SMILES string of the molecule is CC(Oc1ccc(Br)cc1C(F)(F)c1nccs1)C(=O)O. The Morgan fingerprint density at radius 2 is 2.24 bits per heavy atom. The highest BCUT2D eigenvalue weighted by atomic mass is 79.9.